The molecule has 0 saturated carbocycles. The number of benzene rings is 4. The molecule has 0 spiro atoms. The highest BCUT2D eigenvalue weighted by Crippen LogP contribution is 2.42. The van der Waals surface area contributed by atoms with Crippen LogP contribution in [0.4, 0.5) is 47.3 Å². The molecule has 8 rings (SSSR count). The Balaban J connectivity index is 0.889. The number of nitriles is 2. The lowest BCUT2D eigenvalue weighted by Gasteiger charge is -2.34. The molecule has 4 aromatic carbocycles. The van der Waals surface area contributed by atoms with E-state index in [1.807, 2.05) is 12.1 Å². The van der Waals surface area contributed by atoms with Crippen LogP contribution in [0.25, 0.3) is 0 Å². The second kappa shape index (κ2) is 18.1. The van der Waals surface area contributed by atoms with Crippen LogP contribution in [0.1, 0.15) is 45.5 Å². The maximum absolute atomic E-state index is 14.0. The summed E-state index contributed by atoms with van der Waals surface area (Å²) in [6, 6.07) is 21.4. The molecule has 2 atom stereocenters. The quantitative estimate of drug-likeness (QED) is 0.107. The second-order valence-corrected chi connectivity index (χ2v) is 15.4. The summed E-state index contributed by atoms with van der Waals surface area (Å²) in [5.74, 6) is -0.958. The Morgan fingerprint density at radius 2 is 0.939 bits per heavy atom. The van der Waals surface area contributed by atoms with E-state index in [4.69, 9.17) is 9.47 Å². The summed E-state index contributed by atoms with van der Waals surface area (Å²) < 4.78 is 93.6. The molecule has 0 fully saturated rings. The van der Waals surface area contributed by atoms with Gasteiger partial charge >= 0.3 is 24.4 Å². The summed E-state index contributed by atoms with van der Waals surface area (Å²) in [6.07, 6.45) is -9.38. The lowest BCUT2D eigenvalue weighted by Crippen LogP contribution is -2.47. The zero-order valence-electron chi connectivity index (χ0n) is 34.4. The highest BCUT2D eigenvalue weighted by Gasteiger charge is 2.47. The first-order chi connectivity index (χ1) is 31.6. The van der Waals surface area contributed by atoms with Gasteiger partial charge in [0.15, 0.2) is 0 Å². The molecule has 14 nitrogen and oxygen atoms in total. The monoisotopic (exact) mass is 910 g/mol. The number of anilines is 2. The minimum atomic E-state index is -4.69. The van der Waals surface area contributed by atoms with Crippen molar-refractivity contribution in [1.82, 2.24) is 20.4 Å². The van der Waals surface area contributed by atoms with Crippen molar-refractivity contribution >= 4 is 35.3 Å². The molecule has 66 heavy (non-hydrogen) atoms. The molecule has 2 N–H and O–H groups in total. The minimum absolute atomic E-state index is 0.00646. The van der Waals surface area contributed by atoms with Gasteiger partial charge in [0.25, 0.3) is 11.8 Å². The average Bonchev–Trinajstić information content (AvgIpc) is 3.80. The summed E-state index contributed by atoms with van der Waals surface area (Å²) in [6.45, 7) is -0.0686. The van der Waals surface area contributed by atoms with Crippen LogP contribution in [0.3, 0.4) is 0 Å². The Bertz CT molecular complexity index is 2560. The second-order valence-electron chi connectivity index (χ2n) is 15.4. The largest absolute Gasteiger partial charge is 0.416 e. The van der Waals surface area contributed by atoms with E-state index in [9.17, 15) is 56.0 Å². The zero-order chi connectivity index (χ0) is 46.9. The Kier molecular flexibility index (Phi) is 12.3. The minimum Gasteiger partial charge on any atom is -0.377 e. The van der Waals surface area contributed by atoms with Gasteiger partial charge in [-0.2, -0.15) is 36.9 Å². The van der Waals surface area contributed by atoms with E-state index >= 15 is 0 Å². The molecular weight excluding hydrogens is 875 g/mol. The highest BCUT2D eigenvalue weighted by atomic mass is 19.4. The van der Waals surface area contributed by atoms with Crippen molar-refractivity contribution in [3.05, 3.63) is 153 Å². The van der Waals surface area contributed by atoms with Crippen LogP contribution >= 0.6 is 0 Å². The number of alkyl halides is 6. The number of nitrogens with one attached hydrogen (secondary N) is 2. The number of urea groups is 2. The van der Waals surface area contributed by atoms with Crippen LogP contribution < -0.4 is 20.4 Å². The summed E-state index contributed by atoms with van der Waals surface area (Å²) in [4.78, 5) is 60.0. The molecule has 0 radical (unpaired) electrons. The third-order valence-electron chi connectivity index (χ3n) is 11.4. The maximum Gasteiger partial charge on any atom is 0.416 e. The average molecular weight is 911 g/mol. The highest BCUT2D eigenvalue weighted by molar-refractivity contribution is 6.08. The van der Waals surface area contributed by atoms with Crippen molar-refractivity contribution in [3.63, 3.8) is 0 Å². The van der Waals surface area contributed by atoms with Crippen LogP contribution in [0.5, 0.6) is 0 Å². The molecule has 4 heterocycles. The first-order valence-electron chi connectivity index (χ1n) is 20.3. The van der Waals surface area contributed by atoms with Gasteiger partial charge in [-0.15, -0.1) is 0 Å². The van der Waals surface area contributed by atoms with Crippen LogP contribution in [0.2, 0.25) is 0 Å². The number of amides is 6. The molecule has 4 aromatic rings. The van der Waals surface area contributed by atoms with Crippen molar-refractivity contribution in [2.75, 3.05) is 62.4 Å². The number of rotatable bonds is 13. The number of carbonyl (C=O) groups is 4. The van der Waals surface area contributed by atoms with Crippen molar-refractivity contribution in [2.24, 2.45) is 0 Å². The van der Waals surface area contributed by atoms with Gasteiger partial charge < -0.3 is 29.9 Å². The predicted octanol–water partition coefficient (Wildman–Crippen LogP) is 6.94. The van der Waals surface area contributed by atoms with Gasteiger partial charge in [0.2, 0.25) is 0 Å². The number of hydrogen-bond acceptors (Lipinski definition) is 8. The third kappa shape index (κ3) is 8.88. The summed E-state index contributed by atoms with van der Waals surface area (Å²) in [5.41, 5.74) is 0.185. The molecule has 4 aliphatic rings. The Morgan fingerprint density at radius 1 is 0.561 bits per heavy atom. The number of halogens is 6. The molecule has 0 aromatic heterocycles. The van der Waals surface area contributed by atoms with Gasteiger partial charge in [-0.25, -0.2) is 9.59 Å². The molecule has 0 aliphatic carbocycles. The lowest BCUT2D eigenvalue weighted by atomic mass is 9.94. The van der Waals surface area contributed by atoms with Gasteiger partial charge in [0.1, 0.15) is 0 Å². The smallest absolute Gasteiger partial charge is 0.377 e. The van der Waals surface area contributed by atoms with Crippen LogP contribution in [0, 0.1) is 22.7 Å². The number of ether oxygens (including phenoxy) is 2. The first kappa shape index (κ1) is 44.9. The van der Waals surface area contributed by atoms with E-state index in [2.05, 4.69) is 10.6 Å². The van der Waals surface area contributed by atoms with E-state index < -0.39 is 59.4 Å². The van der Waals surface area contributed by atoms with E-state index in [-0.39, 0.29) is 86.5 Å². The van der Waals surface area contributed by atoms with Crippen LogP contribution in [-0.4, -0.2) is 86.3 Å². The molecule has 20 heteroatoms. The van der Waals surface area contributed by atoms with Crippen molar-refractivity contribution in [3.8, 4) is 12.1 Å². The molecular formula is C46H36F6N8O6. The molecule has 0 unspecified atom stereocenters. The van der Waals surface area contributed by atoms with Crippen LogP contribution in [-0.2, 0) is 31.4 Å². The fourth-order valence-electron chi connectivity index (χ4n) is 8.21. The van der Waals surface area contributed by atoms with E-state index in [1.54, 1.807) is 24.3 Å². The standard InChI is InChI=1S/C46H36F6N8O6/c47-45(48,49)31-3-1-5-33(21-31)59-35-25-57(41(61)37(35)39(55-43(59)63)29-11-7-27(23-53)8-12-29)15-17-65-19-20-66-18-16-58-26-36-38(42(58)62)40(30-13-9-28(24-54)10-14-30)56-44(64)60(36)34-6-2-4-32(22-34)46(50,51)52/h1-14,21-22,39-40H,15-20,25-26H2,(H,55,63)(H,56,64)/t39-,40-/m1/s1. The number of hydrogen-bond donors (Lipinski definition) is 2. The van der Waals surface area contributed by atoms with Gasteiger partial charge in [0.05, 0.1) is 120 Å². The number of nitrogens with zero attached hydrogens (tertiary/aromatic N) is 6. The summed E-state index contributed by atoms with van der Waals surface area (Å²) in [7, 11) is 0. The van der Waals surface area contributed by atoms with Gasteiger partial charge in [-0.3, -0.25) is 19.4 Å². The number of carbonyl (C=O) groups excluding carboxylic acids is 4. The van der Waals surface area contributed by atoms with E-state index in [0.717, 1.165) is 34.1 Å². The van der Waals surface area contributed by atoms with Gasteiger partial charge in [-0.1, -0.05) is 36.4 Å². The van der Waals surface area contributed by atoms with E-state index in [1.165, 1.54) is 58.3 Å². The molecule has 0 saturated heterocycles. The molecule has 4 aliphatic heterocycles. The Labute approximate surface area is 372 Å². The lowest BCUT2D eigenvalue weighted by molar-refractivity contribution is -0.138. The van der Waals surface area contributed by atoms with Gasteiger partial charge in [0, 0.05) is 13.1 Å². The summed E-state index contributed by atoms with van der Waals surface area (Å²) in [5, 5.41) is 24.0. The van der Waals surface area contributed by atoms with Crippen molar-refractivity contribution in [2.45, 2.75) is 24.4 Å². The molecule has 6 amide bonds. The fourth-order valence-corrected chi connectivity index (χ4v) is 8.21. The fraction of sp³-hybridized carbons (Fsp3) is 0.261. The Morgan fingerprint density at radius 3 is 1.29 bits per heavy atom. The third-order valence-corrected chi connectivity index (χ3v) is 11.4. The van der Waals surface area contributed by atoms with Gasteiger partial charge in [-0.05, 0) is 71.8 Å². The SMILES string of the molecule is N#Cc1ccc([C@H]2NC(=O)N(c3cccc(C(F)(F)F)c3)C3=C2C(=O)N(CCOCCOCCN2CC4=C(C2=O)[C@@H](c2ccc(C#N)cc2)NC(=O)N4c2cccc(C(F)(F)F)c2)C3)cc1. The van der Waals surface area contributed by atoms with Crippen LogP contribution in [0.15, 0.2) is 120 Å². The molecule has 338 valence electrons. The Hall–Kier alpha value is -7.68. The van der Waals surface area contributed by atoms with Crippen molar-refractivity contribution in [1.29, 1.82) is 10.5 Å². The van der Waals surface area contributed by atoms with E-state index in [0.29, 0.717) is 22.3 Å². The molecule has 0 bridgehead atoms. The first-order valence-corrected chi connectivity index (χ1v) is 20.3. The zero-order valence-corrected chi connectivity index (χ0v) is 34.4. The summed E-state index contributed by atoms with van der Waals surface area (Å²) >= 11 is 0. The normalized spacial score (nSPS) is 18.6. The maximum atomic E-state index is 14.0. The van der Waals surface area contributed by atoms with Crippen molar-refractivity contribution < 1.29 is 55.0 Å². The topological polar surface area (TPSA) is 171 Å². The predicted molar refractivity (Wildman–Crippen MR) is 222 cm³/mol.